The molecule has 216 valence electrons. The SMILES string of the molecule is CC(=O)N(C)c1cnc2ccc(-c3ccc(OCCCN4CCCC4)cc3)cc2c1C.COC1CCCC(C)C1. The molecule has 0 spiro atoms. The number of carbonyl (C=O) groups excluding carboxylic acids is 1. The van der Waals surface area contributed by atoms with Crippen molar-refractivity contribution >= 4 is 22.5 Å². The minimum Gasteiger partial charge on any atom is -0.494 e. The van der Waals surface area contributed by atoms with E-state index in [1.807, 2.05) is 32.2 Å². The first-order valence-corrected chi connectivity index (χ1v) is 15.0. The largest absolute Gasteiger partial charge is 0.494 e. The van der Waals surface area contributed by atoms with Crippen molar-refractivity contribution in [2.75, 3.05) is 45.3 Å². The molecule has 3 aromatic rings. The van der Waals surface area contributed by atoms with Crippen molar-refractivity contribution in [1.29, 1.82) is 0 Å². The fraction of sp³-hybridized carbons (Fsp3) is 0.529. The molecule has 1 aliphatic heterocycles. The molecule has 5 rings (SSSR count). The van der Waals surface area contributed by atoms with Gasteiger partial charge in [0.15, 0.2) is 0 Å². The predicted molar refractivity (Wildman–Crippen MR) is 165 cm³/mol. The summed E-state index contributed by atoms with van der Waals surface area (Å²) in [6.07, 6.45) is 11.4. The van der Waals surface area contributed by atoms with Crippen molar-refractivity contribution in [3.05, 3.63) is 54.2 Å². The summed E-state index contributed by atoms with van der Waals surface area (Å²) in [6, 6.07) is 14.6. The summed E-state index contributed by atoms with van der Waals surface area (Å²) in [7, 11) is 3.61. The number of likely N-dealkylation sites (tertiary alicyclic amines) is 1. The van der Waals surface area contributed by atoms with Crippen molar-refractivity contribution in [2.45, 2.75) is 71.8 Å². The molecule has 6 heteroatoms. The van der Waals surface area contributed by atoms with E-state index in [1.165, 1.54) is 51.6 Å². The number of hydrogen-bond acceptors (Lipinski definition) is 5. The van der Waals surface area contributed by atoms with E-state index in [1.54, 1.807) is 25.1 Å². The Kier molecular flexibility index (Phi) is 11.0. The van der Waals surface area contributed by atoms with Gasteiger partial charge in [0.1, 0.15) is 5.75 Å². The van der Waals surface area contributed by atoms with E-state index >= 15 is 0 Å². The Labute approximate surface area is 240 Å². The van der Waals surface area contributed by atoms with Crippen LogP contribution in [-0.2, 0) is 9.53 Å². The average molecular weight is 546 g/mol. The van der Waals surface area contributed by atoms with Crippen LogP contribution in [-0.4, -0.2) is 62.3 Å². The van der Waals surface area contributed by atoms with Crippen LogP contribution in [0.4, 0.5) is 5.69 Å². The highest BCUT2D eigenvalue weighted by Crippen LogP contribution is 2.31. The molecule has 2 aliphatic rings. The number of aryl methyl sites for hydroxylation is 1. The number of anilines is 1. The lowest BCUT2D eigenvalue weighted by Crippen LogP contribution is -2.23. The summed E-state index contributed by atoms with van der Waals surface area (Å²) in [5.41, 5.74) is 5.09. The van der Waals surface area contributed by atoms with Crippen molar-refractivity contribution < 1.29 is 14.3 Å². The van der Waals surface area contributed by atoms with Crippen molar-refractivity contribution in [2.24, 2.45) is 5.92 Å². The Balaban J connectivity index is 0.000000350. The summed E-state index contributed by atoms with van der Waals surface area (Å²) >= 11 is 0. The monoisotopic (exact) mass is 545 g/mol. The van der Waals surface area contributed by atoms with Gasteiger partial charge in [0, 0.05) is 33.0 Å². The van der Waals surface area contributed by atoms with Gasteiger partial charge in [-0.25, -0.2) is 0 Å². The molecule has 2 unspecified atom stereocenters. The van der Waals surface area contributed by atoms with E-state index in [0.717, 1.165) is 64.5 Å². The van der Waals surface area contributed by atoms with Crippen molar-refractivity contribution in [3.8, 4) is 16.9 Å². The number of nitrogens with zero attached hydrogens (tertiary/aromatic N) is 3. The van der Waals surface area contributed by atoms with Crippen LogP contribution in [0.2, 0.25) is 0 Å². The van der Waals surface area contributed by atoms with Gasteiger partial charge in [0.25, 0.3) is 0 Å². The minimum atomic E-state index is -0.00331. The standard InChI is InChI=1S/C26H31N3O2.C8H16O/c1-19-24-17-22(9-12-25(24)27-18-26(19)28(3)20(2)30)21-7-10-23(11-8-21)31-16-6-15-29-13-4-5-14-29;1-7-4-3-5-8(6-7)9-2/h7-12,17-18H,4-6,13-16H2,1-3H3;7-8H,3-6H2,1-2H3. The molecular formula is C34H47N3O3. The summed E-state index contributed by atoms with van der Waals surface area (Å²) < 4.78 is 11.2. The molecule has 0 bridgehead atoms. The quantitative estimate of drug-likeness (QED) is 0.279. The molecule has 1 saturated carbocycles. The molecule has 1 aromatic heterocycles. The number of benzene rings is 2. The van der Waals surface area contributed by atoms with E-state index in [2.05, 4.69) is 41.1 Å². The lowest BCUT2D eigenvalue weighted by Gasteiger charge is -2.25. The molecule has 2 fully saturated rings. The highest BCUT2D eigenvalue weighted by atomic mass is 16.5. The van der Waals surface area contributed by atoms with Crippen LogP contribution in [0, 0.1) is 12.8 Å². The van der Waals surface area contributed by atoms with Gasteiger partial charge in [-0.05, 0) is 99.0 Å². The summed E-state index contributed by atoms with van der Waals surface area (Å²) in [5, 5.41) is 1.06. The Morgan fingerprint density at radius 3 is 2.42 bits per heavy atom. The number of methoxy groups -OCH3 is 1. The maximum atomic E-state index is 11.8. The Morgan fingerprint density at radius 2 is 1.77 bits per heavy atom. The van der Waals surface area contributed by atoms with Crippen LogP contribution in [0.1, 0.15) is 64.4 Å². The molecule has 2 atom stereocenters. The summed E-state index contributed by atoms with van der Waals surface area (Å²) in [6.45, 7) is 10.3. The first-order valence-electron chi connectivity index (χ1n) is 15.0. The molecule has 1 saturated heterocycles. The van der Waals surface area contributed by atoms with Gasteiger partial charge in [-0.15, -0.1) is 0 Å². The Hall–Kier alpha value is -2.96. The van der Waals surface area contributed by atoms with E-state index in [0.29, 0.717) is 6.10 Å². The van der Waals surface area contributed by atoms with Crippen LogP contribution < -0.4 is 9.64 Å². The number of rotatable bonds is 8. The summed E-state index contributed by atoms with van der Waals surface area (Å²) in [5.74, 6) is 1.80. The third-order valence-corrected chi connectivity index (χ3v) is 8.44. The zero-order valence-electron chi connectivity index (χ0n) is 25.1. The fourth-order valence-electron chi connectivity index (χ4n) is 5.82. The van der Waals surface area contributed by atoms with E-state index < -0.39 is 0 Å². The minimum absolute atomic E-state index is 0.00331. The summed E-state index contributed by atoms with van der Waals surface area (Å²) in [4.78, 5) is 20.5. The first kappa shape index (κ1) is 30.0. The van der Waals surface area contributed by atoms with Crippen molar-refractivity contribution in [1.82, 2.24) is 9.88 Å². The highest BCUT2D eigenvalue weighted by Gasteiger charge is 2.17. The molecule has 0 N–H and O–H groups in total. The van der Waals surface area contributed by atoms with Gasteiger partial charge in [-0.2, -0.15) is 0 Å². The van der Waals surface area contributed by atoms with E-state index in [-0.39, 0.29) is 5.91 Å². The molecule has 1 amide bonds. The molecule has 2 heterocycles. The van der Waals surface area contributed by atoms with E-state index in [4.69, 9.17) is 9.47 Å². The van der Waals surface area contributed by atoms with Gasteiger partial charge in [-0.1, -0.05) is 38.0 Å². The number of aromatic nitrogens is 1. The van der Waals surface area contributed by atoms with Crippen LogP contribution in [0.25, 0.3) is 22.0 Å². The maximum Gasteiger partial charge on any atom is 0.223 e. The van der Waals surface area contributed by atoms with Gasteiger partial charge in [-0.3, -0.25) is 9.78 Å². The van der Waals surface area contributed by atoms with Crippen molar-refractivity contribution in [3.63, 3.8) is 0 Å². The molecule has 2 aromatic carbocycles. The number of fused-ring (bicyclic) bond motifs is 1. The zero-order valence-corrected chi connectivity index (χ0v) is 25.1. The fourth-order valence-corrected chi connectivity index (χ4v) is 5.82. The number of carbonyl (C=O) groups is 1. The Morgan fingerprint density at radius 1 is 1.05 bits per heavy atom. The highest BCUT2D eigenvalue weighted by molar-refractivity contribution is 5.96. The lowest BCUT2D eigenvalue weighted by molar-refractivity contribution is -0.116. The molecule has 40 heavy (non-hydrogen) atoms. The number of pyridine rings is 1. The number of amides is 1. The third-order valence-electron chi connectivity index (χ3n) is 8.44. The molecule has 6 nitrogen and oxygen atoms in total. The lowest BCUT2D eigenvalue weighted by atomic mass is 9.89. The van der Waals surface area contributed by atoms with E-state index in [9.17, 15) is 4.79 Å². The Bertz CT molecular complexity index is 1240. The normalized spacial score (nSPS) is 19.2. The van der Waals surface area contributed by atoms with Crippen LogP contribution in [0.15, 0.2) is 48.7 Å². The predicted octanol–water partition coefficient (Wildman–Crippen LogP) is 7.27. The van der Waals surface area contributed by atoms with Crippen LogP contribution in [0.3, 0.4) is 0 Å². The maximum absolute atomic E-state index is 11.8. The molecule has 0 radical (unpaired) electrons. The van der Waals surface area contributed by atoms with Gasteiger partial charge >= 0.3 is 0 Å². The van der Waals surface area contributed by atoms with Gasteiger partial charge in [0.2, 0.25) is 5.91 Å². The smallest absolute Gasteiger partial charge is 0.223 e. The second kappa shape index (κ2) is 14.6. The second-order valence-electron chi connectivity index (χ2n) is 11.5. The third kappa shape index (κ3) is 8.05. The van der Waals surface area contributed by atoms with Crippen LogP contribution in [0.5, 0.6) is 5.75 Å². The van der Waals surface area contributed by atoms with Crippen LogP contribution >= 0.6 is 0 Å². The average Bonchev–Trinajstić information content (AvgIpc) is 3.49. The van der Waals surface area contributed by atoms with Gasteiger partial charge < -0.3 is 19.3 Å². The topological polar surface area (TPSA) is 54.9 Å². The number of hydrogen-bond donors (Lipinski definition) is 0. The first-order chi connectivity index (χ1) is 19.4. The second-order valence-corrected chi connectivity index (χ2v) is 11.5. The molecule has 1 aliphatic carbocycles. The molecular weight excluding hydrogens is 498 g/mol. The van der Waals surface area contributed by atoms with Gasteiger partial charge in [0.05, 0.1) is 30.1 Å². The zero-order chi connectivity index (χ0) is 28.5. The number of ether oxygens (including phenoxy) is 2.